The maximum absolute atomic E-state index is 14.1. The van der Waals surface area contributed by atoms with E-state index in [1.807, 2.05) is 0 Å². The minimum Gasteiger partial charge on any atom is -0.394 e. The summed E-state index contributed by atoms with van der Waals surface area (Å²) in [6, 6.07) is 1.76. The minimum atomic E-state index is -2.97. The van der Waals surface area contributed by atoms with Gasteiger partial charge in [-0.3, -0.25) is 4.98 Å². The Kier molecular flexibility index (Phi) is 9.79. The Morgan fingerprint density at radius 1 is 1.16 bits per heavy atom. The highest BCUT2D eigenvalue weighted by molar-refractivity contribution is 8.00. The number of methoxy groups -OCH3 is 1. The molecule has 0 bridgehead atoms. The Morgan fingerprint density at radius 2 is 1.82 bits per heavy atom. The number of hydrogen-bond donors (Lipinski definition) is 3. The molecule has 3 aromatic rings. The van der Waals surface area contributed by atoms with E-state index in [1.165, 1.54) is 25.6 Å². The van der Waals surface area contributed by atoms with Gasteiger partial charge < -0.3 is 24.8 Å². The quantitative estimate of drug-likeness (QED) is 0.219. The third kappa shape index (κ3) is 6.43. The summed E-state index contributed by atoms with van der Waals surface area (Å²) in [5.74, 6) is -7.50. The van der Waals surface area contributed by atoms with E-state index in [0.717, 1.165) is 28.6 Å². The van der Waals surface area contributed by atoms with E-state index in [0.29, 0.717) is 0 Å². The van der Waals surface area contributed by atoms with Crippen LogP contribution in [-0.4, -0.2) is 84.3 Å². The van der Waals surface area contributed by atoms with Crippen LogP contribution >= 0.6 is 35.0 Å². The van der Waals surface area contributed by atoms with Gasteiger partial charge in [-0.1, -0.05) is 28.4 Å². The van der Waals surface area contributed by atoms with Crippen LogP contribution < -0.4 is 0 Å². The summed E-state index contributed by atoms with van der Waals surface area (Å²) in [5, 5.41) is 40.0. The van der Waals surface area contributed by atoms with E-state index < -0.39 is 83.5 Å². The number of benzene rings is 1. The highest BCUT2D eigenvalue weighted by Crippen LogP contribution is 2.54. The van der Waals surface area contributed by atoms with Gasteiger partial charge in [-0.25, -0.2) is 26.6 Å². The normalized spacial score (nSPS) is 27.3. The largest absolute Gasteiger partial charge is 0.394 e. The number of nitrogens with zero attached hydrogens (tertiary/aromatic N) is 4. The van der Waals surface area contributed by atoms with Gasteiger partial charge in [-0.15, -0.1) is 16.9 Å². The van der Waals surface area contributed by atoms with Crippen molar-refractivity contribution in [2.75, 3.05) is 13.7 Å². The van der Waals surface area contributed by atoms with Gasteiger partial charge in [0, 0.05) is 31.7 Å². The maximum Gasteiger partial charge on any atom is 0.248 e. The second kappa shape index (κ2) is 12.9. The third-order valence-electron chi connectivity index (χ3n) is 7.92. The molecule has 6 atom stereocenters. The molecule has 240 valence electrons. The van der Waals surface area contributed by atoms with E-state index in [4.69, 9.17) is 32.7 Å². The molecule has 0 amide bonds. The van der Waals surface area contributed by atoms with Crippen molar-refractivity contribution in [3.63, 3.8) is 0 Å². The number of pyridine rings is 1. The SMILES string of the molecule is CO[C@@H]1[C@@H](n2cc(-c3cc(F)c(F)c(F)c3)nn2)[C@@H](O)[C@@H](CO)O[C@H]1SC(c1nccc(Cl)c1Cl)C1(O)CCC(F)(F)CC1. The highest BCUT2D eigenvalue weighted by Gasteiger charge is 2.53. The molecule has 9 nitrogen and oxygen atoms in total. The topological polar surface area (TPSA) is 123 Å². The smallest absolute Gasteiger partial charge is 0.248 e. The molecule has 0 radical (unpaired) electrons. The van der Waals surface area contributed by atoms with Crippen molar-refractivity contribution in [1.29, 1.82) is 0 Å². The van der Waals surface area contributed by atoms with Gasteiger partial charge in [0.15, 0.2) is 17.5 Å². The van der Waals surface area contributed by atoms with Crippen LogP contribution in [0.15, 0.2) is 30.6 Å². The zero-order valence-corrected chi connectivity index (χ0v) is 25.2. The van der Waals surface area contributed by atoms with Gasteiger partial charge in [-0.05, 0) is 31.0 Å². The fourth-order valence-corrected chi connectivity index (χ4v) is 7.63. The summed E-state index contributed by atoms with van der Waals surface area (Å²) in [7, 11) is 1.30. The first kappa shape index (κ1) is 33.3. The lowest BCUT2D eigenvalue weighted by Gasteiger charge is -2.47. The Bertz CT molecular complexity index is 1470. The number of hydrogen-bond acceptors (Lipinski definition) is 9. The zero-order valence-electron chi connectivity index (χ0n) is 22.9. The molecule has 1 aliphatic heterocycles. The lowest BCUT2D eigenvalue weighted by molar-refractivity contribution is -0.186. The molecule has 2 aromatic heterocycles. The first-order valence-corrected chi connectivity index (χ1v) is 15.1. The molecular formula is C27H27Cl2F5N4O5S. The molecule has 2 fully saturated rings. The molecule has 17 heteroatoms. The fraction of sp³-hybridized carbons (Fsp3) is 0.519. The van der Waals surface area contributed by atoms with Gasteiger partial charge in [0.25, 0.3) is 0 Å². The van der Waals surface area contributed by atoms with Crippen LogP contribution in [-0.2, 0) is 9.47 Å². The van der Waals surface area contributed by atoms with Crippen LogP contribution in [0, 0.1) is 17.5 Å². The molecule has 2 aliphatic rings. The first-order chi connectivity index (χ1) is 20.8. The summed E-state index contributed by atoms with van der Waals surface area (Å²) in [4.78, 5) is 4.31. The Balaban J connectivity index is 1.52. The van der Waals surface area contributed by atoms with E-state index in [1.54, 1.807) is 0 Å². The van der Waals surface area contributed by atoms with Crippen molar-refractivity contribution >= 4 is 35.0 Å². The van der Waals surface area contributed by atoms with Crippen LogP contribution in [0.1, 0.15) is 42.7 Å². The summed E-state index contributed by atoms with van der Waals surface area (Å²) >= 11 is 13.7. The molecule has 1 saturated heterocycles. The Morgan fingerprint density at radius 3 is 2.43 bits per heavy atom. The molecule has 1 unspecified atom stereocenters. The van der Waals surface area contributed by atoms with Crippen molar-refractivity contribution in [2.45, 2.75) is 72.2 Å². The van der Waals surface area contributed by atoms with Gasteiger partial charge >= 0.3 is 0 Å². The number of aliphatic hydroxyl groups is 3. The number of rotatable bonds is 8. The lowest BCUT2D eigenvalue weighted by Crippen LogP contribution is -2.56. The Hall–Kier alpha value is -2.11. The maximum atomic E-state index is 14.1. The number of thioether (sulfide) groups is 1. The van der Waals surface area contributed by atoms with Gasteiger partial charge in [0.1, 0.15) is 35.5 Å². The van der Waals surface area contributed by atoms with E-state index in [9.17, 15) is 37.3 Å². The molecule has 1 aliphatic carbocycles. The number of aromatic nitrogens is 4. The molecule has 3 N–H and O–H groups in total. The monoisotopic (exact) mass is 684 g/mol. The molecule has 44 heavy (non-hydrogen) atoms. The van der Waals surface area contributed by atoms with Crippen LogP contribution in [0.3, 0.4) is 0 Å². The molecule has 1 aromatic carbocycles. The summed E-state index contributed by atoms with van der Waals surface area (Å²) < 4.78 is 82.5. The summed E-state index contributed by atoms with van der Waals surface area (Å²) in [6.45, 7) is -0.668. The van der Waals surface area contributed by atoms with Crippen LogP contribution in [0.5, 0.6) is 0 Å². The standard InChI is InChI=1S/C27H27Cl2F5N4O5S/c1-42-23-21(38-10-16(36-37-38)12-8-14(30)19(32)15(31)9-12)22(40)17(11-39)43-25(23)44-24(20-18(29)13(28)2-7-35-20)26(41)3-5-27(33,34)6-4-26/h2,7-10,17,21-25,39-41H,3-6,11H2,1H3/t17-,21+,22+,23-,24?,25+/m1/s1. The molecule has 3 heterocycles. The van der Waals surface area contributed by atoms with Crippen molar-refractivity contribution in [3.05, 3.63) is 63.8 Å². The average molecular weight is 685 g/mol. The van der Waals surface area contributed by atoms with Crippen molar-refractivity contribution in [2.24, 2.45) is 0 Å². The van der Waals surface area contributed by atoms with E-state index in [2.05, 4.69) is 15.3 Å². The number of ether oxygens (including phenoxy) is 2. The lowest BCUT2D eigenvalue weighted by atomic mass is 9.79. The number of aliphatic hydroxyl groups excluding tert-OH is 2. The van der Waals surface area contributed by atoms with Crippen LogP contribution in [0.4, 0.5) is 22.0 Å². The second-order valence-electron chi connectivity index (χ2n) is 10.7. The predicted octanol–water partition coefficient (Wildman–Crippen LogP) is 5.11. The number of halogens is 7. The van der Waals surface area contributed by atoms with Crippen LogP contribution in [0.2, 0.25) is 10.0 Å². The zero-order chi connectivity index (χ0) is 32.0. The van der Waals surface area contributed by atoms with Gasteiger partial charge in [-0.2, -0.15) is 0 Å². The second-order valence-corrected chi connectivity index (χ2v) is 12.7. The number of alkyl halides is 2. The first-order valence-electron chi connectivity index (χ1n) is 13.4. The summed E-state index contributed by atoms with van der Waals surface area (Å²) in [6.07, 6.45) is -2.98. The predicted molar refractivity (Wildman–Crippen MR) is 150 cm³/mol. The molecule has 0 spiro atoms. The third-order valence-corrected chi connectivity index (χ3v) is 10.3. The fourth-order valence-electron chi connectivity index (χ4n) is 5.49. The van der Waals surface area contributed by atoms with Gasteiger partial charge in [0.05, 0.1) is 39.4 Å². The Labute approximate surface area is 262 Å². The molecular weight excluding hydrogens is 658 g/mol. The van der Waals surface area contributed by atoms with Crippen molar-refractivity contribution < 1.29 is 46.7 Å². The molecule has 1 saturated carbocycles. The van der Waals surface area contributed by atoms with Crippen molar-refractivity contribution in [3.8, 4) is 11.3 Å². The van der Waals surface area contributed by atoms with Crippen LogP contribution in [0.25, 0.3) is 11.3 Å². The average Bonchev–Trinajstić information content (AvgIpc) is 3.48. The van der Waals surface area contributed by atoms with E-state index >= 15 is 0 Å². The minimum absolute atomic E-state index is 0.00262. The highest BCUT2D eigenvalue weighted by atomic mass is 35.5. The van der Waals surface area contributed by atoms with E-state index in [-0.39, 0.29) is 39.8 Å². The van der Waals surface area contributed by atoms with Gasteiger partial charge in [0.2, 0.25) is 5.92 Å². The van der Waals surface area contributed by atoms with Crippen molar-refractivity contribution in [1.82, 2.24) is 20.0 Å². The molecule has 5 rings (SSSR count). The summed E-state index contributed by atoms with van der Waals surface area (Å²) in [5.41, 5.74) is -2.93.